The molecular weight excluding hydrogens is 236 g/mol. The maximum Gasteiger partial charge on any atom is 0.0677 e. The summed E-state index contributed by atoms with van der Waals surface area (Å²) < 4.78 is 2.05. The van der Waals surface area contributed by atoms with Crippen molar-refractivity contribution in [3.63, 3.8) is 0 Å². The molecule has 0 spiro atoms. The number of benzene rings is 1. The third-order valence-electron chi connectivity index (χ3n) is 4.15. The van der Waals surface area contributed by atoms with Crippen molar-refractivity contribution in [3.8, 4) is 0 Å². The number of hydrogen-bond acceptors (Lipinski definition) is 2. The van der Waals surface area contributed by atoms with Gasteiger partial charge in [-0.3, -0.25) is 0 Å². The number of hydrogen-bond donors (Lipinski definition) is 2. The summed E-state index contributed by atoms with van der Waals surface area (Å²) in [5.74, 6) is 0. The van der Waals surface area contributed by atoms with Gasteiger partial charge in [-0.15, -0.1) is 0 Å². The molecule has 19 heavy (non-hydrogen) atoms. The second-order valence-corrected chi connectivity index (χ2v) is 5.44. The fourth-order valence-electron chi connectivity index (χ4n) is 3.03. The molecule has 3 rings (SSSR count). The number of aromatic nitrogens is 1. The Morgan fingerprint density at radius 3 is 2.89 bits per heavy atom. The second kappa shape index (κ2) is 4.83. The summed E-state index contributed by atoms with van der Waals surface area (Å²) in [6.07, 6.45) is 6.17. The molecule has 1 heterocycles. The van der Waals surface area contributed by atoms with E-state index in [4.69, 9.17) is 0 Å². The Kier molecular flexibility index (Phi) is 3.17. The monoisotopic (exact) mass is 256 g/mol. The third kappa shape index (κ3) is 2.20. The minimum absolute atomic E-state index is 0.150. The van der Waals surface area contributed by atoms with Crippen LogP contribution < -0.4 is 5.32 Å². The number of aliphatic hydroxyl groups is 1. The first-order chi connectivity index (χ1) is 9.23. The van der Waals surface area contributed by atoms with Crippen molar-refractivity contribution >= 4 is 0 Å². The molecule has 100 valence electrons. The lowest BCUT2D eigenvalue weighted by atomic mass is 9.92. The van der Waals surface area contributed by atoms with Crippen LogP contribution in [0.1, 0.15) is 23.1 Å². The van der Waals surface area contributed by atoms with Gasteiger partial charge in [0, 0.05) is 26.0 Å². The van der Waals surface area contributed by atoms with E-state index in [1.807, 2.05) is 17.8 Å². The molecule has 1 aliphatic carbocycles. The quantitative estimate of drug-likeness (QED) is 0.877. The molecule has 3 heteroatoms. The van der Waals surface area contributed by atoms with Gasteiger partial charge in [0.15, 0.2) is 0 Å². The number of aryl methyl sites for hydroxylation is 2. The Morgan fingerprint density at radius 1 is 1.32 bits per heavy atom. The van der Waals surface area contributed by atoms with Crippen LogP contribution in [-0.2, 0) is 25.6 Å². The predicted octanol–water partition coefficient (Wildman–Crippen LogP) is 1.95. The highest BCUT2D eigenvalue weighted by Gasteiger charge is 2.37. The van der Waals surface area contributed by atoms with Gasteiger partial charge in [0.2, 0.25) is 0 Å². The first kappa shape index (κ1) is 12.5. The summed E-state index contributed by atoms with van der Waals surface area (Å²) in [4.78, 5) is 0. The predicted molar refractivity (Wildman–Crippen MR) is 75.8 cm³/mol. The third-order valence-corrected chi connectivity index (χ3v) is 4.15. The molecule has 1 aromatic carbocycles. The Hall–Kier alpha value is -1.58. The van der Waals surface area contributed by atoms with E-state index < -0.39 is 0 Å². The zero-order chi connectivity index (χ0) is 13.3. The van der Waals surface area contributed by atoms with Gasteiger partial charge in [-0.05, 0) is 35.6 Å². The lowest BCUT2D eigenvalue weighted by Gasteiger charge is -2.29. The number of fused-ring (bicyclic) bond motifs is 1. The summed E-state index contributed by atoms with van der Waals surface area (Å²) >= 11 is 0. The summed E-state index contributed by atoms with van der Waals surface area (Å²) in [5, 5.41) is 13.4. The average molecular weight is 256 g/mol. The minimum Gasteiger partial charge on any atom is -0.394 e. The summed E-state index contributed by atoms with van der Waals surface area (Å²) in [7, 11) is 2.02. The van der Waals surface area contributed by atoms with E-state index in [0.29, 0.717) is 0 Å². The van der Waals surface area contributed by atoms with Crippen molar-refractivity contribution in [2.45, 2.75) is 24.9 Å². The maximum absolute atomic E-state index is 9.88. The van der Waals surface area contributed by atoms with Gasteiger partial charge in [0.25, 0.3) is 0 Å². The van der Waals surface area contributed by atoms with Gasteiger partial charge in [-0.1, -0.05) is 24.3 Å². The normalized spacial score (nSPS) is 21.6. The van der Waals surface area contributed by atoms with Gasteiger partial charge >= 0.3 is 0 Å². The summed E-state index contributed by atoms with van der Waals surface area (Å²) in [6.45, 7) is 0.937. The van der Waals surface area contributed by atoms with Crippen LogP contribution in [0.4, 0.5) is 0 Å². The topological polar surface area (TPSA) is 37.2 Å². The van der Waals surface area contributed by atoms with E-state index >= 15 is 0 Å². The van der Waals surface area contributed by atoms with E-state index in [1.54, 1.807) is 0 Å². The van der Waals surface area contributed by atoms with Gasteiger partial charge in [0.1, 0.15) is 0 Å². The molecule has 3 nitrogen and oxygen atoms in total. The number of aliphatic hydroxyl groups excluding tert-OH is 1. The summed E-state index contributed by atoms with van der Waals surface area (Å²) in [6, 6.07) is 10.5. The van der Waals surface area contributed by atoms with Crippen LogP contribution in [0.15, 0.2) is 42.7 Å². The standard InChI is InChI=1S/C16H20N2O/c1-18-9-7-13(11-18)10-17-16(12-19)8-6-14-4-2-3-5-15(14)16/h2-5,7,9,11,17,19H,6,8,10,12H2,1H3. The smallest absolute Gasteiger partial charge is 0.0677 e. The van der Waals surface area contributed by atoms with Crippen LogP contribution in [0.5, 0.6) is 0 Å². The largest absolute Gasteiger partial charge is 0.394 e. The van der Waals surface area contributed by atoms with E-state index in [9.17, 15) is 5.11 Å². The van der Waals surface area contributed by atoms with Crippen LogP contribution >= 0.6 is 0 Å². The molecule has 1 atom stereocenters. The van der Waals surface area contributed by atoms with Crippen LogP contribution in [0.3, 0.4) is 0 Å². The fourth-order valence-corrected chi connectivity index (χ4v) is 3.03. The van der Waals surface area contributed by atoms with Gasteiger partial charge < -0.3 is 15.0 Å². The van der Waals surface area contributed by atoms with Crippen molar-refractivity contribution in [2.75, 3.05) is 6.61 Å². The SMILES string of the molecule is Cn1ccc(CNC2(CO)CCc3ccccc32)c1. The van der Waals surface area contributed by atoms with Crippen molar-refractivity contribution < 1.29 is 5.11 Å². The maximum atomic E-state index is 9.88. The molecule has 0 fully saturated rings. The van der Waals surface area contributed by atoms with Gasteiger partial charge in [-0.2, -0.15) is 0 Å². The molecule has 1 aromatic heterocycles. The molecule has 1 unspecified atom stereocenters. The molecule has 2 N–H and O–H groups in total. The zero-order valence-corrected chi connectivity index (χ0v) is 11.3. The highest BCUT2D eigenvalue weighted by molar-refractivity contribution is 5.39. The minimum atomic E-state index is -0.271. The highest BCUT2D eigenvalue weighted by Crippen LogP contribution is 2.36. The second-order valence-electron chi connectivity index (χ2n) is 5.44. The number of nitrogens with zero attached hydrogens (tertiary/aromatic N) is 1. The van der Waals surface area contributed by atoms with Gasteiger partial charge in [-0.25, -0.2) is 0 Å². The molecule has 0 aliphatic heterocycles. The van der Waals surface area contributed by atoms with Crippen molar-refractivity contribution in [2.24, 2.45) is 7.05 Å². The first-order valence-corrected chi connectivity index (χ1v) is 6.79. The van der Waals surface area contributed by atoms with Crippen LogP contribution in [0.2, 0.25) is 0 Å². The molecule has 1 aliphatic rings. The first-order valence-electron chi connectivity index (χ1n) is 6.79. The zero-order valence-electron chi connectivity index (χ0n) is 11.3. The van der Waals surface area contributed by atoms with E-state index in [2.05, 4.69) is 41.8 Å². The lowest BCUT2D eigenvalue weighted by molar-refractivity contribution is 0.159. The summed E-state index contributed by atoms with van der Waals surface area (Å²) in [5.41, 5.74) is 3.59. The van der Waals surface area contributed by atoms with E-state index in [0.717, 1.165) is 19.4 Å². The van der Waals surface area contributed by atoms with Crippen molar-refractivity contribution in [1.82, 2.24) is 9.88 Å². The Labute approximate surface area is 113 Å². The van der Waals surface area contributed by atoms with E-state index in [1.165, 1.54) is 16.7 Å². The lowest BCUT2D eigenvalue weighted by Crippen LogP contribution is -2.43. The van der Waals surface area contributed by atoms with Crippen molar-refractivity contribution in [3.05, 3.63) is 59.4 Å². The molecule has 0 radical (unpaired) electrons. The van der Waals surface area contributed by atoms with Crippen LogP contribution in [-0.4, -0.2) is 16.3 Å². The van der Waals surface area contributed by atoms with Crippen molar-refractivity contribution in [1.29, 1.82) is 0 Å². The fraction of sp³-hybridized carbons (Fsp3) is 0.375. The molecule has 0 saturated heterocycles. The number of nitrogens with one attached hydrogen (secondary N) is 1. The number of rotatable bonds is 4. The molecular formula is C16H20N2O. The average Bonchev–Trinajstić information content (AvgIpc) is 3.01. The Morgan fingerprint density at radius 2 is 2.16 bits per heavy atom. The van der Waals surface area contributed by atoms with E-state index in [-0.39, 0.29) is 12.1 Å². The van der Waals surface area contributed by atoms with Crippen LogP contribution in [0.25, 0.3) is 0 Å². The molecule has 2 aromatic rings. The van der Waals surface area contributed by atoms with Gasteiger partial charge in [0.05, 0.1) is 12.1 Å². The molecule has 0 amide bonds. The highest BCUT2D eigenvalue weighted by atomic mass is 16.3. The molecule has 0 saturated carbocycles. The molecule has 0 bridgehead atoms. The van der Waals surface area contributed by atoms with Crippen LogP contribution in [0, 0.1) is 0 Å². The Balaban J connectivity index is 1.81. The Bertz CT molecular complexity index is 576.